The number of rotatable bonds is 9. The number of aryl methyl sites for hydroxylation is 2. The second kappa shape index (κ2) is 10.4. The molecule has 0 saturated carbocycles. The van der Waals surface area contributed by atoms with Gasteiger partial charge in [0.2, 0.25) is 0 Å². The standard InChI is InChI=1S/C25H31N3O5/c1-16-6-7-18(13-19(16)15-29)21(14-23(30)31)20-8-9-22-25(17(20)2)26-27-28(22)10-12-33-24-5-3-4-11-32-24/h6-9,13,21,24,29H,3-5,10-12,14-15H2,1-2H3,(H,30,31). The second-order valence-corrected chi connectivity index (χ2v) is 8.62. The van der Waals surface area contributed by atoms with E-state index in [4.69, 9.17) is 9.47 Å². The zero-order valence-corrected chi connectivity index (χ0v) is 19.2. The highest BCUT2D eigenvalue weighted by Crippen LogP contribution is 2.34. The van der Waals surface area contributed by atoms with Crippen molar-refractivity contribution in [3.05, 3.63) is 58.1 Å². The number of aromatic nitrogens is 3. The molecule has 176 valence electrons. The summed E-state index contributed by atoms with van der Waals surface area (Å²) < 4.78 is 13.3. The third kappa shape index (κ3) is 5.24. The number of ether oxygens (including phenoxy) is 2. The topological polar surface area (TPSA) is 107 Å². The van der Waals surface area contributed by atoms with Gasteiger partial charge in [0.1, 0.15) is 5.52 Å². The van der Waals surface area contributed by atoms with Crippen LogP contribution in [-0.4, -0.2) is 50.7 Å². The molecule has 2 unspecified atom stereocenters. The predicted octanol–water partition coefficient (Wildman–Crippen LogP) is 3.69. The van der Waals surface area contributed by atoms with E-state index >= 15 is 0 Å². The Balaban J connectivity index is 1.59. The third-order valence-electron chi connectivity index (χ3n) is 6.43. The smallest absolute Gasteiger partial charge is 0.304 e. The summed E-state index contributed by atoms with van der Waals surface area (Å²) in [6, 6.07) is 9.68. The number of nitrogens with zero attached hydrogens (tertiary/aromatic N) is 3. The lowest BCUT2D eigenvalue weighted by Gasteiger charge is -2.22. The summed E-state index contributed by atoms with van der Waals surface area (Å²) in [5, 5.41) is 28.0. The van der Waals surface area contributed by atoms with Crippen molar-refractivity contribution in [2.75, 3.05) is 13.2 Å². The first-order valence-corrected chi connectivity index (χ1v) is 11.5. The molecule has 1 aliphatic heterocycles. The number of hydrogen-bond donors (Lipinski definition) is 2. The van der Waals surface area contributed by atoms with Gasteiger partial charge in [-0.2, -0.15) is 0 Å². The number of benzene rings is 2. The SMILES string of the molecule is Cc1ccc(C(CC(=O)O)c2ccc3c(nnn3CCOC3CCCCO3)c2C)cc1CO. The molecule has 2 heterocycles. The van der Waals surface area contributed by atoms with Crippen molar-refractivity contribution >= 4 is 17.0 Å². The second-order valence-electron chi connectivity index (χ2n) is 8.62. The van der Waals surface area contributed by atoms with Crippen LogP contribution in [0.1, 0.15) is 59.4 Å². The zero-order valence-electron chi connectivity index (χ0n) is 19.2. The predicted molar refractivity (Wildman–Crippen MR) is 123 cm³/mol. The molecule has 2 aromatic carbocycles. The van der Waals surface area contributed by atoms with Gasteiger partial charge in [0, 0.05) is 12.5 Å². The van der Waals surface area contributed by atoms with E-state index in [1.807, 2.05) is 48.9 Å². The Hall–Kier alpha value is -2.81. The van der Waals surface area contributed by atoms with Gasteiger partial charge < -0.3 is 19.7 Å². The first-order valence-electron chi connectivity index (χ1n) is 11.5. The van der Waals surface area contributed by atoms with Crippen LogP contribution in [0, 0.1) is 13.8 Å². The van der Waals surface area contributed by atoms with Crippen LogP contribution in [0.4, 0.5) is 0 Å². The summed E-state index contributed by atoms with van der Waals surface area (Å²) in [4.78, 5) is 11.7. The minimum absolute atomic E-state index is 0.0519. The Labute approximate surface area is 193 Å². The van der Waals surface area contributed by atoms with Crippen LogP contribution in [-0.2, 0) is 27.4 Å². The quantitative estimate of drug-likeness (QED) is 0.509. The van der Waals surface area contributed by atoms with Gasteiger partial charge in [-0.3, -0.25) is 4.79 Å². The third-order valence-corrected chi connectivity index (χ3v) is 6.43. The number of hydrogen-bond acceptors (Lipinski definition) is 6. The highest BCUT2D eigenvalue weighted by Gasteiger charge is 2.23. The van der Waals surface area contributed by atoms with E-state index in [0.29, 0.717) is 13.2 Å². The molecule has 0 amide bonds. The molecule has 33 heavy (non-hydrogen) atoms. The lowest BCUT2D eigenvalue weighted by Crippen LogP contribution is -2.24. The van der Waals surface area contributed by atoms with Gasteiger partial charge in [0.15, 0.2) is 6.29 Å². The van der Waals surface area contributed by atoms with Crippen LogP contribution in [0.25, 0.3) is 11.0 Å². The van der Waals surface area contributed by atoms with Gasteiger partial charge in [-0.25, -0.2) is 4.68 Å². The molecule has 0 bridgehead atoms. The van der Waals surface area contributed by atoms with Crippen LogP contribution in [0.15, 0.2) is 30.3 Å². The molecule has 4 rings (SSSR count). The number of aliphatic carboxylic acids is 1. The summed E-state index contributed by atoms with van der Waals surface area (Å²) in [5.74, 6) is -1.23. The minimum atomic E-state index is -0.878. The lowest BCUT2D eigenvalue weighted by atomic mass is 9.84. The van der Waals surface area contributed by atoms with E-state index in [1.54, 1.807) is 0 Å². The van der Waals surface area contributed by atoms with Crippen molar-refractivity contribution in [3.8, 4) is 0 Å². The maximum atomic E-state index is 11.7. The summed E-state index contributed by atoms with van der Waals surface area (Å²) in [7, 11) is 0. The largest absolute Gasteiger partial charge is 0.481 e. The Morgan fingerprint density at radius 3 is 2.85 bits per heavy atom. The first-order chi connectivity index (χ1) is 16.0. The van der Waals surface area contributed by atoms with Crippen molar-refractivity contribution in [1.82, 2.24) is 15.0 Å². The maximum absolute atomic E-state index is 11.7. The maximum Gasteiger partial charge on any atom is 0.304 e. The van der Waals surface area contributed by atoms with Crippen molar-refractivity contribution in [1.29, 1.82) is 0 Å². The molecule has 2 atom stereocenters. The van der Waals surface area contributed by atoms with Gasteiger partial charge in [-0.15, -0.1) is 5.10 Å². The molecule has 8 heteroatoms. The van der Waals surface area contributed by atoms with Crippen LogP contribution in [0.2, 0.25) is 0 Å². The van der Waals surface area contributed by atoms with Gasteiger partial charge in [-0.05, 0) is 67.0 Å². The molecule has 8 nitrogen and oxygen atoms in total. The van der Waals surface area contributed by atoms with Gasteiger partial charge in [-0.1, -0.05) is 29.5 Å². The summed E-state index contributed by atoms with van der Waals surface area (Å²) in [6.07, 6.45) is 2.93. The summed E-state index contributed by atoms with van der Waals surface area (Å²) >= 11 is 0. The van der Waals surface area contributed by atoms with Crippen molar-refractivity contribution in [3.63, 3.8) is 0 Å². The van der Waals surface area contributed by atoms with Crippen molar-refractivity contribution in [2.45, 2.75) is 64.9 Å². The number of carbonyl (C=O) groups is 1. The number of fused-ring (bicyclic) bond motifs is 1. The highest BCUT2D eigenvalue weighted by molar-refractivity contribution is 5.80. The fourth-order valence-corrected chi connectivity index (χ4v) is 4.50. The van der Waals surface area contributed by atoms with Gasteiger partial charge >= 0.3 is 5.97 Å². The van der Waals surface area contributed by atoms with E-state index in [2.05, 4.69) is 10.3 Å². The van der Waals surface area contributed by atoms with E-state index in [0.717, 1.165) is 64.7 Å². The number of carboxylic acids is 1. The summed E-state index contributed by atoms with van der Waals surface area (Å²) in [6.45, 7) is 5.60. The van der Waals surface area contributed by atoms with Crippen LogP contribution >= 0.6 is 0 Å². The van der Waals surface area contributed by atoms with E-state index in [1.165, 1.54) is 0 Å². The number of carboxylic acid groups (broad SMARTS) is 1. The fourth-order valence-electron chi connectivity index (χ4n) is 4.50. The van der Waals surface area contributed by atoms with E-state index in [-0.39, 0.29) is 25.2 Å². The molecular formula is C25H31N3O5. The molecule has 0 radical (unpaired) electrons. The monoisotopic (exact) mass is 453 g/mol. The number of aliphatic hydroxyl groups is 1. The summed E-state index contributed by atoms with van der Waals surface area (Å²) in [5.41, 5.74) is 6.09. The van der Waals surface area contributed by atoms with Crippen molar-refractivity contribution < 1.29 is 24.5 Å². The molecule has 1 aromatic heterocycles. The highest BCUT2D eigenvalue weighted by atomic mass is 16.7. The molecule has 2 N–H and O–H groups in total. The minimum Gasteiger partial charge on any atom is -0.481 e. The van der Waals surface area contributed by atoms with E-state index in [9.17, 15) is 15.0 Å². The Morgan fingerprint density at radius 2 is 2.12 bits per heavy atom. The molecule has 3 aromatic rings. The number of aliphatic hydroxyl groups excluding tert-OH is 1. The molecule has 0 aliphatic carbocycles. The van der Waals surface area contributed by atoms with Crippen LogP contribution in [0.3, 0.4) is 0 Å². The molecule has 1 aliphatic rings. The molecular weight excluding hydrogens is 422 g/mol. The molecule has 1 saturated heterocycles. The molecule has 1 fully saturated rings. The average Bonchev–Trinajstić information content (AvgIpc) is 3.23. The average molecular weight is 454 g/mol. The lowest BCUT2D eigenvalue weighted by molar-refractivity contribution is -0.163. The zero-order chi connectivity index (χ0) is 23.4. The van der Waals surface area contributed by atoms with Crippen molar-refractivity contribution in [2.24, 2.45) is 0 Å². The van der Waals surface area contributed by atoms with Crippen LogP contribution in [0.5, 0.6) is 0 Å². The Morgan fingerprint density at radius 1 is 1.27 bits per heavy atom. The molecule has 0 spiro atoms. The Bertz CT molecular complexity index is 1120. The first kappa shape index (κ1) is 23.4. The Kier molecular flexibility index (Phi) is 7.37. The van der Waals surface area contributed by atoms with Crippen LogP contribution < -0.4 is 0 Å². The van der Waals surface area contributed by atoms with Gasteiger partial charge in [0.05, 0.1) is 31.7 Å². The van der Waals surface area contributed by atoms with E-state index < -0.39 is 5.97 Å². The van der Waals surface area contributed by atoms with Gasteiger partial charge in [0.25, 0.3) is 0 Å². The fraction of sp³-hybridized carbons (Fsp3) is 0.480. The normalized spacial score (nSPS) is 17.4.